The lowest BCUT2D eigenvalue weighted by Gasteiger charge is -2.06. The van der Waals surface area contributed by atoms with E-state index >= 15 is 0 Å². The Morgan fingerprint density at radius 1 is 0.900 bits per heavy atom. The van der Waals surface area contributed by atoms with E-state index in [1.54, 1.807) is 0 Å². The van der Waals surface area contributed by atoms with Gasteiger partial charge in [0.15, 0.2) is 11.0 Å². The third-order valence-corrected chi connectivity index (χ3v) is 2.58. The second kappa shape index (κ2) is 5.66. The van der Waals surface area contributed by atoms with Crippen molar-refractivity contribution in [2.75, 3.05) is 0 Å². The molecule has 0 saturated heterocycles. The summed E-state index contributed by atoms with van der Waals surface area (Å²) in [6.07, 6.45) is -5.12. The molecule has 0 aliphatic rings. The third-order valence-electron chi connectivity index (χ3n) is 2.30. The topological polar surface area (TPSA) is 38.7 Å². The van der Waals surface area contributed by atoms with Crippen molar-refractivity contribution >= 4 is 11.6 Å². The molecule has 2 heterocycles. The first kappa shape index (κ1) is 14.6. The maximum Gasteiger partial charge on any atom is 0.283 e. The lowest BCUT2D eigenvalue weighted by molar-refractivity contribution is 0.140. The fourth-order valence-corrected chi connectivity index (χ4v) is 1.62. The van der Waals surface area contributed by atoms with Crippen LogP contribution in [0.5, 0.6) is 0 Å². The van der Waals surface area contributed by atoms with Crippen LogP contribution in [-0.4, -0.2) is 15.0 Å². The van der Waals surface area contributed by atoms with Gasteiger partial charge in [0, 0.05) is 0 Å². The molecule has 9 heteroatoms. The summed E-state index contributed by atoms with van der Waals surface area (Å²) in [4.78, 5) is 10.4. The number of rotatable bonds is 3. The summed E-state index contributed by atoms with van der Waals surface area (Å²) >= 11 is 5.50. The van der Waals surface area contributed by atoms with Gasteiger partial charge >= 0.3 is 0 Å². The molecule has 0 aliphatic carbocycles. The van der Waals surface area contributed by atoms with Gasteiger partial charge in [0.1, 0.15) is 17.1 Å². The summed E-state index contributed by atoms with van der Waals surface area (Å²) in [5, 5.41) is -0.567. The molecule has 0 radical (unpaired) electrons. The van der Waals surface area contributed by atoms with Crippen LogP contribution in [0.1, 0.15) is 24.2 Å². The molecule has 3 nitrogen and oxygen atoms in total. The Morgan fingerprint density at radius 3 is 2.10 bits per heavy atom. The summed E-state index contributed by atoms with van der Waals surface area (Å²) in [6, 6.07) is 1.85. The molecule has 0 aromatic carbocycles. The van der Waals surface area contributed by atoms with E-state index in [2.05, 4.69) is 15.0 Å². The minimum Gasteiger partial charge on any atom is -0.250 e. The summed E-state index contributed by atoms with van der Waals surface area (Å²) < 4.78 is 63.0. The van der Waals surface area contributed by atoms with Crippen molar-refractivity contribution in [1.82, 2.24) is 15.0 Å². The van der Waals surface area contributed by atoms with Crippen molar-refractivity contribution in [1.29, 1.82) is 0 Å². The average molecular weight is 310 g/mol. The first-order chi connectivity index (χ1) is 9.40. The van der Waals surface area contributed by atoms with Crippen LogP contribution in [0.2, 0.25) is 5.15 Å². The van der Waals surface area contributed by atoms with E-state index in [1.165, 1.54) is 0 Å². The molecule has 2 rings (SSSR count). The monoisotopic (exact) mass is 309 g/mol. The second-order valence-corrected chi connectivity index (χ2v) is 3.95. The normalized spacial score (nSPS) is 11.4. The molecule has 0 spiro atoms. The van der Waals surface area contributed by atoms with Crippen molar-refractivity contribution in [2.45, 2.75) is 12.9 Å². The lowest BCUT2D eigenvalue weighted by atomic mass is 10.2. The summed E-state index contributed by atoms with van der Waals surface area (Å²) in [5.41, 5.74) is -2.04. The molecule has 0 atom stereocenters. The molecule has 2 aromatic heterocycles. The van der Waals surface area contributed by atoms with E-state index in [0.717, 1.165) is 18.3 Å². The fraction of sp³-hybridized carbons (Fsp3) is 0.182. The van der Waals surface area contributed by atoms with Gasteiger partial charge in [0.2, 0.25) is 0 Å². The predicted octanol–water partition coefficient (Wildman–Crippen LogP) is 4.21. The molecular formula is C11H5ClF5N3. The SMILES string of the molecule is Fc1ccc(-c2cnc(C(F)F)c(Cl)n2)nc1C(F)F. The molecule has 0 unspecified atom stereocenters. The molecule has 0 bridgehead atoms. The zero-order chi connectivity index (χ0) is 14.9. The number of nitrogens with zero attached hydrogens (tertiary/aromatic N) is 3. The maximum absolute atomic E-state index is 13.1. The quantitative estimate of drug-likeness (QED) is 0.797. The Labute approximate surface area is 114 Å². The van der Waals surface area contributed by atoms with Gasteiger partial charge in [0.25, 0.3) is 12.9 Å². The summed E-state index contributed by atoms with van der Waals surface area (Å²) in [7, 11) is 0. The van der Waals surface area contributed by atoms with Gasteiger partial charge in [-0.1, -0.05) is 11.6 Å². The van der Waals surface area contributed by atoms with Gasteiger partial charge in [-0.15, -0.1) is 0 Å². The number of hydrogen-bond donors (Lipinski definition) is 0. The van der Waals surface area contributed by atoms with Crippen molar-refractivity contribution in [3.8, 4) is 11.4 Å². The highest BCUT2D eigenvalue weighted by Crippen LogP contribution is 2.27. The molecule has 0 N–H and O–H groups in total. The number of hydrogen-bond acceptors (Lipinski definition) is 3. The third kappa shape index (κ3) is 2.84. The van der Waals surface area contributed by atoms with Crippen LogP contribution in [0.4, 0.5) is 22.0 Å². The van der Waals surface area contributed by atoms with Crippen LogP contribution in [0, 0.1) is 5.82 Å². The fourth-order valence-electron chi connectivity index (χ4n) is 1.40. The van der Waals surface area contributed by atoms with E-state index in [0.29, 0.717) is 0 Å². The molecule has 0 saturated carbocycles. The van der Waals surface area contributed by atoms with Crippen molar-refractivity contribution in [3.05, 3.63) is 40.7 Å². The van der Waals surface area contributed by atoms with Crippen LogP contribution < -0.4 is 0 Å². The standard InChI is InChI=1S/C11H5ClF5N3/c12-9-8(11(16)17)18-3-6(20-9)5-2-1-4(13)7(19-5)10(14)15/h1-3,10-11H. The van der Waals surface area contributed by atoms with Gasteiger partial charge in [0.05, 0.1) is 11.9 Å². The first-order valence-electron chi connectivity index (χ1n) is 5.15. The van der Waals surface area contributed by atoms with E-state index in [4.69, 9.17) is 11.6 Å². The number of aromatic nitrogens is 3. The van der Waals surface area contributed by atoms with Crippen molar-refractivity contribution < 1.29 is 22.0 Å². The molecule has 106 valence electrons. The minimum absolute atomic E-state index is 0.110. The Kier molecular flexibility index (Phi) is 4.12. The Morgan fingerprint density at radius 2 is 1.55 bits per heavy atom. The lowest BCUT2D eigenvalue weighted by Crippen LogP contribution is -2.00. The van der Waals surface area contributed by atoms with Gasteiger partial charge < -0.3 is 0 Å². The van der Waals surface area contributed by atoms with Crippen LogP contribution in [-0.2, 0) is 0 Å². The zero-order valence-electron chi connectivity index (χ0n) is 9.50. The van der Waals surface area contributed by atoms with Gasteiger partial charge in [-0.3, -0.25) is 0 Å². The number of alkyl halides is 4. The molecule has 2 aromatic rings. The van der Waals surface area contributed by atoms with Crippen molar-refractivity contribution in [3.63, 3.8) is 0 Å². The van der Waals surface area contributed by atoms with Gasteiger partial charge in [-0.05, 0) is 12.1 Å². The number of pyridine rings is 1. The summed E-state index contributed by atoms with van der Waals surface area (Å²) in [6.45, 7) is 0. The molecule has 20 heavy (non-hydrogen) atoms. The van der Waals surface area contributed by atoms with Crippen LogP contribution in [0.3, 0.4) is 0 Å². The molecule has 0 amide bonds. The minimum atomic E-state index is -3.11. The van der Waals surface area contributed by atoms with Gasteiger partial charge in [-0.2, -0.15) is 0 Å². The van der Waals surface area contributed by atoms with Crippen LogP contribution >= 0.6 is 11.6 Å². The zero-order valence-corrected chi connectivity index (χ0v) is 10.3. The summed E-state index contributed by atoms with van der Waals surface area (Å²) in [5.74, 6) is -1.17. The highest BCUT2D eigenvalue weighted by molar-refractivity contribution is 6.30. The molecule has 0 fully saturated rings. The predicted molar refractivity (Wildman–Crippen MR) is 60.1 cm³/mol. The van der Waals surface area contributed by atoms with E-state index in [9.17, 15) is 22.0 Å². The molecular weight excluding hydrogens is 305 g/mol. The Bertz CT molecular complexity index is 635. The van der Waals surface area contributed by atoms with E-state index in [-0.39, 0.29) is 11.4 Å². The van der Waals surface area contributed by atoms with Crippen molar-refractivity contribution in [2.24, 2.45) is 0 Å². The average Bonchev–Trinajstić information content (AvgIpc) is 2.38. The van der Waals surface area contributed by atoms with Crippen LogP contribution in [0.15, 0.2) is 18.3 Å². The first-order valence-corrected chi connectivity index (χ1v) is 5.53. The van der Waals surface area contributed by atoms with E-state index in [1.807, 2.05) is 0 Å². The molecule has 0 aliphatic heterocycles. The largest absolute Gasteiger partial charge is 0.283 e. The van der Waals surface area contributed by atoms with Gasteiger partial charge in [-0.25, -0.2) is 36.9 Å². The Hall–Kier alpha value is -1.83. The second-order valence-electron chi connectivity index (χ2n) is 3.60. The highest BCUT2D eigenvalue weighted by atomic mass is 35.5. The van der Waals surface area contributed by atoms with E-state index < -0.39 is 35.2 Å². The van der Waals surface area contributed by atoms with Crippen LogP contribution in [0.25, 0.3) is 11.4 Å². The smallest absolute Gasteiger partial charge is 0.250 e. The maximum atomic E-state index is 13.1. The highest BCUT2D eigenvalue weighted by Gasteiger charge is 2.19. The number of halogens is 6. The Balaban J connectivity index is 2.47.